The van der Waals surface area contributed by atoms with Gasteiger partial charge in [0.2, 0.25) is 0 Å². The van der Waals surface area contributed by atoms with Gasteiger partial charge in [-0.15, -0.1) is 0 Å². The van der Waals surface area contributed by atoms with Gasteiger partial charge in [0.25, 0.3) is 0 Å². The van der Waals surface area contributed by atoms with Crippen molar-refractivity contribution in [1.29, 1.82) is 0 Å². The quantitative estimate of drug-likeness (QED) is 0.889. The van der Waals surface area contributed by atoms with Gasteiger partial charge in [-0.05, 0) is 50.9 Å². The van der Waals surface area contributed by atoms with Crippen molar-refractivity contribution >= 4 is 0 Å². The van der Waals surface area contributed by atoms with Crippen LogP contribution in [-0.4, -0.2) is 25.7 Å². The number of likely N-dealkylation sites (N-methyl/N-ethyl adjacent to an activating group) is 1. The van der Waals surface area contributed by atoms with Crippen LogP contribution in [0.1, 0.15) is 30.4 Å². The predicted octanol–water partition coefficient (Wildman–Crippen LogP) is 2.98. The molecule has 1 aromatic rings. The summed E-state index contributed by atoms with van der Waals surface area (Å²) in [6.07, 6.45) is -0.591. The molecule has 0 amide bonds. The highest BCUT2D eigenvalue weighted by Crippen LogP contribution is 2.30. The Bertz CT molecular complexity index is 437. The van der Waals surface area contributed by atoms with Gasteiger partial charge in [-0.2, -0.15) is 13.2 Å². The lowest BCUT2D eigenvalue weighted by molar-refractivity contribution is -0.137. The standard InChI is InChI=1S/C15H21F3N2/c1-19-14(7-3-9-20-11-14)8-6-12-4-2-5-13(10-12)15(16,17)18/h2,4-5,10,19-20H,3,6-9,11H2,1H3/t14-/m1/s1. The molecule has 1 saturated heterocycles. The van der Waals surface area contributed by atoms with Crippen LogP contribution in [0.2, 0.25) is 0 Å². The number of nitrogens with one attached hydrogen (secondary N) is 2. The van der Waals surface area contributed by atoms with E-state index in [0.29, 0.717) is 6.42 Å². The maximum absolute atomic E-state index is 12.7. The highest BCUT2D eigenvalue weighted by molar-refractivity contribution is 5.26. The summed E-state index contributed by atoms with van der Waals surface area (Å²) < 4.78 is 38.0. The molecule has 1 aromatic carbocycles. The first-order valence-electron chi connectivity index (χ1n) is 7.01. The predicted molar refractivity (Wildman–Crippen MR) is 73.7 cm³/mol. The Morgan fingerprint density at radius 3 is 2.75 bits per heavy atom. The normalized spacial score (nSPS) is 23.8. The van der Waals surface area contributed by atoms with E-state index in [0.717, 1.165) is 44.0 Å². The molecule has 0 spiro atoms. The van der Waals surface area contributed by atoms with Gasteiger partial charge in [0.1, 0.15) is 0 Å². The van der Waals surface area contributed by atoms with Crippen LogP contribution in [-0.2, 0) is 12.6 Å². The molecule has 1 aliphatic rings. The van der Waals surface area contributed by atoms with E-state index in [1.165, 1.54) is 12.1 Å². The number of rotatable bonds is 4. The lowest BCUT2D eigenvalue weighted by atomic mass is 9.84. The summed E-state index contributed by atoms with van der Waals surface area (Å²) in [5, 5.41) is 6.70. The van der Waals surface area contributed by atoms with Gasteiger partial charge in [-0.3, -0.25) is 0 Å². The lowest BCUT2D eigenvalue weighted by Gasteiger charge is -2.37. The summed E-state index contributed by atoms with van der Waals surface area (Å²) in [6.45, 7) is 1.90. The third-order valence-corrected chi connectivity index (χ3v) is 4.15. The second-order valence-electron chi connectivity index (χ2n) is 5.51. The first-order valence-corrected chi connectivity index (χ1v) is 7.01. The zero-order chi connectivity index (χ0) is 14.6. The molecule has 1 atom stereocenters. The Morgan fingerprint density at radius 1 is 1.35 bits per heavy atom. The van der Waals surface area contributed by atoms with Crippen molar-refractivity contribution in [1.82, 2.24) is 10.6 Å². The Morgan fingerprint density at radius 2 is 2.15 bits per heavy atom. The van der Waals surface area contributed by atoms with E-state index in [4.69, 9.17) is 0 Å². The first-order chi connectivity index (χ1) is 9.45. The van der Waals surface area contributed by atoms with Crippen molar-refractivity contribution in [3.05, 3.63) is 35.4 Å². The van der Waals surface area contributed by atoms with Crippen LogP contribution >= 0.6 is 0 Å². The van der Waals surface area contributed by atoms with E-state index in [1.54, 1.807) is 6.07 Å². The number of hydrogen-bond donors (Lipinski definition) is 2. The Hall–Kier alpha value is -1.07. The fourth-order valence-electron chi connectivity index (χ4n) is 2.81. The molecule has 2 nitrogen and oxygen atoms in total. The average molecular weight is 286 g/mol. The molecule has 0 aromatic heterocycles. The van der Waals surface area contributed by atoms with E-state index < -0.39 is 11.7 Å². The molecule has 5 heteroatoms. The highest BCUT2D eigenvalue weighted by atomic mass is 19.4. The highest BCUT2D eigenvalue weighted by Gasteiger charge is 2.32. The van der Waals surface area contributed by atoms with E-state index in [2.05, 4.69) is 10.6 Å². The molecule has 0 bridgehead atoms. The van der Waals surface area contributed by atoms with Crippen LogP contribution in [0.4, 0.5) is 13.2 Å². The van der Waals surface area contributed by atoms with E-state index >= 15 is 0 Å². The zero-order valence-corrected chi connectivity index (χ0v) is 11.7. The largest absolute Gasteiger partial charge is 0.416 e. The minimum absolute atomic E-state index is 0.00644. The van der Waals surface area contributed by atoms with Crippen molar-refractivity contribution in [2.24, 2.45) is 0 Å². The average Bonchev–Trinajstić information content (AvgIpc) is 2.46. The number of piperidine rings is 1. The number of hydrogen-bond acceptors (Lipinski definition) is 2. The summed E-state index contributed by atoms with van der Waals surface area (Å²) in [5.41, 5.74) is 0.197. The van der Waals surface area contributed by atoms with Crippen molar-refractivity contribution in [2.75, 3.05) is 20.1 Å². The molecular formula is C15H21F3N2. The fourth-order valence-corrected chi connectivity index (χ4v) is 2.81. The van der Waals surface area contributed by atoms with Crippen molar-refractivity contribution in [3.8, 4) is 0 Å². The second kappa shape index (κ2) is 6.14. The molecule has 112 valence electrons. The molecule has 0 radical (unpaired) electrons. The summed E-state index contributed by atoms with van der Waals surface area (Å²) in [5.74, 6) is 0. The lowest BCUT2D eigenvalue weighted by Crippen LogP contribution is -2.54. The molecule has 0 unspecified atom stereocenters. The Kier molecular flexibility index (Phi) is 4.70. The van der Waals surface area contributed by atoms with Crippen LogP contribution in [0, 0.1) is 0 Å². The topological polar surface area (TPSA) is 24.1 Å². The van der Waals surface area contributed by atoms with Crippen LogP contribution in [0.25, 0.3) is 0 Å². The van der Waals surface area contributed by atoms with E-state index in [-0.39, 0.29) is 5.54 Å². The molecule has 2 rings (SSSR count). The molecular weight excluding hydrogens is 265 g/mol. The van der Waals surface area contributed by atoms with Crippen LogP contribution in [0.5, 0.6) is 0 Å². The molecule has 0 saturated carbocycles. The third kappa shape index (κ3) is 3.73. The minimum Gasteiger partial charge on any atom is -0.315 e. The van der Waals surface area contributed by atoms with Crippen molar-refractivity contribution < 1.29 is 13.2 Å². The van der Waals surface area contributed by atoms with Gasteiger partial charge in [0.15, 0.2) is 0 Å². The number of aryl methyl sites for hydroxylation is 1. The molecule has 0 aliphatic carbocycles. The Balaban J connectivity index is 2.03. The van der Waals surface area contributed by atoms with Crippen molar-refractivity contribution in [2.45, 2.75) is 37.4 Å². The number of benzene rings is 1. The summed E-state index contributed by atoms with van der Waals surface area (Å²) in [7, 11) is 1.93. The van der Waals surface area contributed by atoms with Crippen LogP contribution in [0.15, 0.2) is 24.3 Å². The minimum atomic E-state index is -4.26. The summed E-state index contributed by atoms with van der Waals surface area (Å²) in [6, 6.07) is 5.65. The second-order valence-corrected chi connectivity index (χ2v) is 5.51. The maximum atomic E-state index is 12.7. The monoisotopic (exact) mass is 286 g/mol. The van der Waals surface area contributed by atoms with Gasteiger partial charge in [-0.1, -0.05) is 18.2 Å². The molecule has 2 N–H and O–H groups in total. The van der Waals surface area contributed by atoms with Gasteiger partial charge in [-0.25, -0.2) is 0 Å². The van der Waals surface area contributed by atoms with Gasteiger partial charge < -0.3 is 10.6 Å². The van der Waals surface area contributed by atoms with Gasteiger partial charge in [0.05, 0.1) is 5.56 Å². The zero-order valence-electron chi connectivity index (χ0n) is 11.7. The first kappa shape index (κ1) is 15.3. The Labute approximate surface area is 117 Å². The van der Waals surface area contributed by atoms with Crippen molar-refractivity contribution in [3.63, 3.8) is 0 Å². The molecule has 1 aliphatic heterocycles. The maximum Gasteiger partial charge on any atom is 0.416 e. The third-order valence-electron chi connectivity index (χ3n) is 4.15. The number of alkyl halides is 3. The summed E-state index contributed by atoms with van der Waals surface area (Å²) >= 11 is 0. The molecule has 1 heterocycles. The van der Waals surface area contributed by atoms with Crippen LogP contribution in [0.3, 0.4) is 0 Å². The molecule has 1 fully saturated rings. The molecule has 20 heavy (non-hydrogen) atoms. The summed E-state index contributed by atoms with van der Waals surface area (Å²) in [4.78, 5) is 0. The van der Waals surface area contributed by atoms with E-state index in [1.807, 2.05) is 7.05 Å². The SMILES string of the molecule is CN[C@@]1(CCc2cccc(C(F)(F)F)c2)CCCNC1. The van der Waals surface area contributed by atoms with Crippen LogP contribution < -0.4 is 10.6 Å². The number of halogens is 3. The van der Waals surface area contributed by atoms with Gasteiger partial charge >= 0.3 is 6.18 Å². The smallest absolute Gasteiger partial charge is 0.315 e. The fraction of sp³-hybridized carbons (Fsp3) is 0.600. The van der Waals surface area contributed by atoms with E-state index in [9.17, 15) is 13.2 Å². The van der Waals surface area contributed by atoms with Gasteiger partial charge in [0, 0.05) is 12.1 Å².